The molecule has 100 valence electrons. The molecule has 4 N–H and O–H groups in total. The SMILES string of the molecule is O=C(NCCCc1ncc[nH]1)c1ccc(O)c(O)c1. The monoisotopic (exact) mass is 261 g/mol. The second-order valence-electron chi connectivity index (χ2n) is 4.10. The molecule has 0 spiro atoms. The Kier molecular flexibility index (Phi) is 4.02. The Hall–Kier alpha value is -2.50. The van der Waals surface area contributed by atoms with Crippen molar-refractivity contribution in [1.82, 2.24) is 15.3 Å². The Bertz CT molecular complexity index is 552. The summed E-state index contributed by atoms with van der Waals surface area (Å²) in [5, 5.41) is 21.2. The molecule has 6 nitrogen and oxygen atoms in total. The topological polar surface area (TPSA) is 98.2 Å². The van der Waals surface area contributed by atoms with Gasteiger partial charge in [0.2, 0.25) is 0 Å². The third kappa shape index (κ3) is 3.48. The van der Waals surface area contributed by atoms with E-state index in [-0.39, 0.29) is 17.4 Å². The van der Waals surface area contributed by atoms with Crippen LogP contribution in [0.5, 0.6) is 11.5 Å². The molecule has 1 heterocycles. The lowest BCUT2D eigenvalue weighted by Gasteiger charge is -2.05. The zero-order valence-electron chi connectivity index (χ0n) is 10.3. The first kappa shape index (κ1) is 12.9. The van der Waals surface area contributed by atoms with Crippen LogP contribution in [0.25, 0.3) is 0 Å². The van der Waals surface area contributed by atoms with Gasteiger partial charge in [-0.15, -0.1) is 0 Å². The van der Waals surface area contributed by atoms with Gasteiger partial charge in [-0.3, -0.25) is 4.79 Å². The van der Waals surface area contributed by atoms with Crippen molar-refractivity contribution in [1.29, 1.82) is 0 Å². The van der Waals surface area contributed by atoms with Crippen molar-refractivity contribution in [3.05, 3.63) is 42.0 Å². The van der Waals surface area contributed by atoms with E-state index in [4.69, 9.17) is 5.11 Å². The van der Waals surface area contributed by atoms with Crippen LogP contribution in [-0.4, -0.2) is 32.6 Å². The number of imidazole rings is 1. The van der Waals surface area contributed by atoms with Crippen LogP contribution in [-0.2, 0) is 6.42 Å². The standard InChI is InChI=1S/C13H15N3O3/c17-10-4-3-9(8-11(10)18)13(19)16-5-1-2-12-14-6-7-15-12/h3-4,6-8,17-18H,1-2,5H2,(H,14,15)(H,16,19). The van der Waals surface area contributed by atoms with Gasteiger partial charge in [0, 0.05) is 30.9 Å². The summed E-state index contributed by atoms with van der Waals surface area (Å²) in [5.74, 6) is 0.0591. The number of H-pyrrole nitrogens is 1. The highest BCUT2D eigenvalue weighted by Gasteiger charge is 2.08. The van der Waals surface area contributed by atoms with Gasteiger partial charge < -0.3 is 20.5 Å². The number of hydrogen-bond donors (Lipinski definition) is 4. The number of carbonyl (C=O) groups is 1. The third-order valence-corrected chi connectivity index (χ3v) is 2.67. The molecule has 1 aromatic heterocycles. The van der Waals surface area contributed by atoms with E-state index in [2.05, 4.69) is 15.3 Å². The predicted molar refractivity (Wildman–Crippen MR) is 69.0 cm³/mol. The van der Waals surface area contributed by atoms with Crippen molar-refractivity contribution in [2.75, 3.05) is 6.54 Å². The van der Waals surface area contributed by atoms with Gasteiger partial charge in [-0.05, 0) is 24.6 Å². The first-order valence-corrected chi connectivity index (χ1v) is 5.95. The van der Waals surface area contributed by atoms with Gasteiger partial charge in [-0.1, -0.05) is 0 Å². The maximum absolute atomic E-state index is 11.7. The average Bonchev–Trinajstić information content (AvgIpc) is 2.91. The molecule has 2 rings (SSSR count). The van der Waals surface area contributed by atoms with E-state index in [1.807, 2.05) is 0 Å². The van der Waals surface area contributed by atoms with Crippen molar-refractivity contribution in [2.24, 2.45) is 0 Å². The largest absolute Gasteiger partial charge is 0.504 e. The van der Waals surface area contributed by atoms with Crippen molar-refractivity contribution >= 4 is 5.91 Å². The van der Waals surface area contributed by atoms with E-state index in [0.29, 0.717) is 12.1 Å². The molecule has 0 saturated heterocycles. The fraction of sp³-hybridized carbons (Fsp3) is 0.231. The van der Waals surface area contributed by atoms with Crippen LogP contribution >= 0.6 is 0 Å². The number of phenolic OH excluding ortho intramolecular Hbond substituents is 2. The summed E-state index contributed by atoms with van der Waals surface area (Å²) >= 11 is 0. The number of carbonyl (C=O) groups excluding carboxylic acids is 1. The summed E-state index contributed by atoms with van der Waals surface area (Å²) < 4.78 is 0. The van der Waals surface area contributed by atoms with Crippen molar-refractivity contribution in [3.8, 4) is 11.5 Å². The fourth-order valence-corrected chi connectivity index (χ4v) is 1.66. The Labute approximate surface area is 110 Å². The summed E-state index contributed by atoms with van der Waals surface area (Å²) in [6.45, 7) is 0.515. The van der Waals surface area contributed by atoms with Crippen molar-refractivity contribution in [2.45, 2.75) is 12.8 Å². The molecule has 1 aromatic carbocycles. The van der Waals surface area contributed by atoms with Crippen LogP contribution in [0.4, 0.5) is 0 Å². The van der Waals surface area contributed by atoms with Gasteiger partial charge >= 0.3 is 0 Å². The highest BCUT2D eigenvalue weighted by molar-refractivity contribution is 5.94. The molecule has 0 saturated carbocycles. The number of nitrogens with zero attached hydrogens (tertiary/aromatic N) is 1. The average molecular weight is 261 g/mol. The number of aromatic nitrogens is 2. The number of rotatable bonds is 5. The van der Waals surface area contributed by atoms with E-state index >= 15 is 0 Å². The molecule has 0 unspecified atom stereocenters. The van der Waals surface area contributed by atoms with E-state index < -0.39 is 0 Å². The molecule has 0 fully saturated rings. The Morgan fingerprint density at radius 3 is 2.84 bits per heavy atom. The molecule has 1 amide bonds. The third-order valence-electron chi connectivity index (χ3n) is 2.67. The number of phenols is 2. The van der Waals surface area contributed by atoms with Gasteiger partial charge in [-0.25, -0.2) is 4.98 Å². The minimum atomic E-state index is -0.303. The maximum atomic E-state index is 11.7. The highest BCUT2D eigenvalue weighted by atomic mass is 16.3. The summed E-state index contributed by atoms with van der Waals surface area (Å²) in [5.41, 5.74) is 0.313. The van der Waals surface area contributed by atoms with E-state index in [0.717, 1.165) is 18.7 Å². The quantitative estimate of drug-likeness (QED) is 0.480. The molecule has 0 atom stereocenters. The number of hydrogen-bond acceptors (Lipinski definition) is 4. The summed E-state index contributed by atoms with van der Waals surface area (Å²) in [4.78, 5) is 18.8. The minimum Gasteiger partial charge on any atom is -0.504 e. The maximum Gasteiger partial charge on any atom is 0.251 e. The molecular weight excluding hydrogens is 246 g/mol. The van der Waals surface area contributed by atoms with E-state index in [1.165, 1.54) is 18.2 Å². The van der Waals surface area contributed by atoms with Gasteiger partial charge in [0.05, 0.1) is 0 Å². The van der Waals surface area contributed by atoms with Crippen LogP contribution in [0.3, 0.4) is 0 Å². The highest BCUT2D eigenvalue weighted by Crippen LogP contribution is 2.24. The van der Waals surface area contributed by atoms with E-state index in [9.17, 15) is 9.90 Å². The van der Waals surface area contributed by atoms with Crippen LogP contribution < -0.4 is 5.32 Å². The van der Waals surface area contributed by atoms with Crippen molar-refractivity contribution < 1.29 is 15.0 Å². The molecule has 0 bridgehead atoms. The predicted octanol–water partition coefficient (Wildman–Crippen LogP) is 1.18. The molecule has 19 heavy (non-hydrogen) atoms. The lowest BCUT2D eigenvalue weighted by Crippen LogP contribution is -2.24. The van der Waals surface area contributed by atoms with Crippen LogP contribution in [0.2, 0.25) is 0 Å². The molecule has 0 aliphatic rings. The Balaban J connectivity index is 1.79. The van der Waals surface area contributed by atoms with Crippen LogP contribution in [0.15, 0.2) is 30.6 Å². The van der Waals surface area contributed by atoms with Crippen LogP contribution in [0, 0.1) is 0 Å². The Morgan fingerprint density at radius 1 is 1.32 bits per heavy atom. The number of aryl methyl sites for hydroxylation is 1. The fourth-order valence-electron chi connectivity index (χ4n) is 1.66. The number of nitrogens with one attached hydrogen (secondary N) is 2. The number of amides is 1. The first-order chi connectivity index (χ1) is 9.16. The second kappa shape index (κ2) is 5.90. The summed E-state index contributed by atoms with van der Waals surface area (Å²) in [6.07, 6.45) is 4.97. The van der Waals surface area contributed by atoms with Gasteiger partial charge in [0.15, 0.2) is 11.5 Å². The summed E-state index contributed by atoms with van der Waals surface area (Å²) in [6, 6.07) is 3.97. The molecule has 0 radical (unpaired) electrons. The zero-order valence-corrected chi connectivity index (χ0v) is 10.3. The smallest absolute Gasteiger partial charge is 0.251 e. The van der Waals surface area contributed by atoms with Gasteiger partial charge in [-0.2, -0.15) is 0 Å². The zero-order chi connectivity index (χ0) is 13.7. The normalized spacial score (nSPS) is 10.3. The number of benzene rings is 1. The molecule has 0 aliphatic carbocycles. The molecular formula is C13H15N3O3. The molecule has 2 aromatic rings. The lowest BCUT2D eigenvalue weighted by atomic mass is 10.2. The summed E-state index contributed by atoms with van der Waals surface area (Å²) in [7, 11) is 0. The molecule has 0 aliphatic heterocycles. The van der Waals surface area contributed by atoms with E-state index in [1.54, 1.807) is 12.4 Å². The van der Waals surface area contributed by atoms with Crippen LogP contribution in [0.1, 0.15) is 22.6 Å². The number of aromatic hydroxyl groups is 2. The van der Waals surface area contributed by atoms with Gasteiger partial charge in [0.25, 0.3) is 5.91 Å². The minimum absolute atomic E-state index is 0.241. The molecule has 6 heteroatoms. The lowest BCUT2D eigenvalue weighted by molar-refractivity contribution is 0.0952. The number of aromatic amines is 1. The first-order valence-electron chi connectivity index (χ1n) is 5.95. The van der Waals surface area contributed by atoms with Crippen molar-refractivity contribution in [3.63, 3.8) is 0 Å². The Morgan fingerprint density at radius 2 is 2.16 bits per heavy atom. The second-order valence-corrected chi connectivity index (χ2v) is 4.10. The van der Waals surface area contributed by atoms with Gasteiger partial charge in [0.1, 0.15) is 5.82 Å².